The number of hydrogen-bond donors (Lipinski definition) is 2. The Hall–Kier alpha value is -2.41. The maximum absolute atomic E-state index is 12.2. The molecular formula is C16H17N3O4. The molecule has 0 radical (unpaired) electrons. The number of nitrogens with one attached hydrogen (secondary N) is 1. The molecule has 0 aliphatic carbocycles. The van der Waals surface area contributed by atoms with Crippen LogP contribution in [0.25, 0.3) is 10.9 Å². The molecule has 7 heteroatoms. The van der Waals surface area contributed by atoms with Gasteiger partial charge in [0.2, 0.25) is 5.95 Å². The van der Waals surface area contributed by atoms with Gasteiger partial charge < -0.3 is 14.7 Å². The molecule has 2 aromatic rings. The minimum atomic E-state index is -0.914. The second kappa shape index (κ2) is 5.06. The van der Waals surface area contributed by atoms with E-state index in [0.29, 0.717) is 43.0 Å². The second-order valence-corrected chi connectivity index (χ2v) is 6.21. The van der Waals surface area contributed by atoms with Crippen LogP contribution in [-0.4, -0.2) is 46.8 Å². The molecule has 0 unspecified atom stereocenters. The molecule has 2 N–H and O–H groups in total. The molecule has 23 heavy (non-hydrogen) atoms. The largest absolute Gasteiger partial charge is 0.481 e. The number of para-hydroxylation sites is 1. The minimum absolute atomic E-state index is 0.217. The number of nitrogens with zero attached hydrogens (tertiary/aromatic N) is 2. The summed E-state index contributed by atoms with van der Waals surface area (Å²) in [6, 6.07) is 7.11. The molecule has 2 aliphatic heterocycles. The summed E-state index contributed by atoms with van der Waals surface area (Å²) in [5.41, 5.74) is -0.528. The monoisotopic (exact) mass is 315 g/mol. The van der Waals surface area contributed by atoms with Gasteiger partial charge in [-0.3, -0.25) is 14.6 Å². The van der Waals surface area contributed by atoms with Gasteiger partial charge in [-0.25, -0.2) is 4.98 Å². The molecule has 2 fully saturated rings. The van der Waals surface area contributed by atoms with Crippen LogP contribution in [0.4, 0.5) is 5.95 Å². The maximum Gasteiger partial charge on any atom is 0.314 e. The van der Waals surface area contributed by atoms with E-state index in [1.807, 2.05) is 11.0 Å². The fourth-order valence-electron chi connectivity index (χ4n) is 3.64. The first-order chi connectivity index (χ1) is 11.1. The Morgan fingerprint density at radius 3 is 3.04 bits per heavy atom. The average molecular weight is 315 g/mol. The molecule has 1 aromatic heterocycles. The van der Waals surface area contributed by atoms with Gasteiger partial charge in [0.05, 0.1) is 17.0 Å². The molecule has 0 spiro atoms. The van der Waals surface area contributed by atoms with E-state index in [1.165, 1.54) is 0 Å². The van der Waals surface area contributed by atoms with E-state index >= 15 is 0 Å². The zero-order valence-corrected chi connectivity index (χ0v) is 12.5. The normalized spacial score (nSPS) is 27.1. The third-order valence-corrected chi connectivity index (χ3v) is 4.89. The van der Waals surface area contributed by atoms with Crippen molar-refractivity contribution in [1.29, 1.82) is 0 Å². The number of H-pyrrole nitrogens is 1. The van der Waals surface area contributed by atoms with Gasteiger partial charge in [-0.15, -0.1) is 0 Å². The van der Waals surface area contributed by atoms with Crippen LogP contribution in [0.5, 0.6) is 0 Å². The first-order valence-corrected chi connectivity index (χ1v) is 7.69. The SMILES string of the molecule is O=C(O)[C@@]12CCCO[C@@H]1CN(c1nc3ccccc3c(=O)[nH]1)C2. The van der Waals surface area contributed by atoms with Gasteiger partial charge >= 0.3 is 5.97 Å². The van der Waals surface area contributed by atoms with E-state index in [4.69, 9.17) is 4.74 Å². The zero-order valence-electron chi connectivity index (χ0n) is 12.5. The van der Waals surface area contributed by atoms with Gasteiger partial charge in [-0.2, -0.15) is 0 Å². The lowest BCUT2D eigenvalue weighted by atomic mass is 9.79. The van der Waals surface area contributed by atoms with Gasteiger partial charge in [0.25, 0.3) is 5.56 Å². The van der Waals surface area contributed by atoms with Crippen molar-refractivity contribution in [2.45, 2.75) is 18.9 Å². The summed E-state index contributed by atoms with van der Waals surface area (Å²) in [6.07, 6.45) is 0.949. The van der Waals surface area contributed by atoms with Crippen molar-refractivity contribution in [3.05, 3.63) is 34.6 Å². The highest BCUT2D eigenvalue weighted by molar-refractivity contribution is 5.80. The molecule has 4 rings (SSSR count). The van der Waals surface area contributed by atoms with E-state index in [1.54, 1.807) is 18.2 Å². The van der Waals surface area contributed by atoms with Crippen LogP contribution >= 0.6 is 0 Å². The van der Waals surface area contributed by atoms with Crippen LogP contribution in [0.2, 0.25) is 0 Å². The fraction of sp³-hybridized carbons (Fsp3) is 0.438. The summed E-state index contributed by atoms with van der Waals surface area (Å²) in [6.45, 7) is 1.30. The van der Waals surface area contributed by atoms with Gasteiger partial charge in [-0.05, 0) is 25.0 Å². The molecule has 120 valence electrons. The number of carbonyl (C=O) groups is 1. The van der Waals surface area contributed by atoms with Crippen molar-refractivity contribution in [3.8, 4) is 0 Å². The van der Waals surface area contributed by atoms with Crippen LogP contribution < -0.4 is 10.5 Å². The smallest absolute Gasteiger partial charge is 0.314 e. The maximum atomic E-state index is 12.2. The fourth-order valence-corrected chi connectivity index (χ4v) is 3.64. The Balaban J connectivity index is 1.75. The average Bonchev–Trinajstić information content (AvgIpc) is 2.96. The molecule has 0 saturated carbocycles. The summed E-state index contributed by atoms with van der Waals surface area (Å²) in [5, 5.41) is 10.2. The number of anilines is 1. The van der Waals surface area contributed by atoms with Crippen LogP contribution in [0.1, 0.15) is 12.8 Å². The summed E-state index contributed by atoms with van der Waals surface area (Å²) in [5.74, 6) is -0.430. The number of carboxylic acids is 1. The summed E-state index contributed by atoms with van der Waals surface area (Å²) in [4.78, 5) is 33.1. The topological polar surface area (TPSA) is 95.5 Å². The molecule has 2 aliphatic rings. The highest BCUT2D eigenvalue weighted by Gasteiger charge is 2.55. The lowest BCUT2D eigenvalue weighted by Gasteiger charge is -2.33. The Morgan fingerprint density at radius 2 is 2.26 bits per heavy atom. The molecule has 7 nitrogen and oxygen atoms in total. The van der Waals surface area contributed by atoms with Crippen molar-refractivity contribution in [2.24, 2.45) is 5.41 Å². The summed E-state index contributed by atoms with van der Waals surface area (Å²) in [7, 11) is 0. The van der Waals surface area contributed by atoms with E-state index < -0.39 is 11.4 Å². The van der Waals surface area contributed by atoms with E-state index in [9.17, 15) is 14.7 Å². The Bertz CT molecular complexity index is 833. The van der Waals surface area contributed by atoms with Crippen LogP contribution in [0.3, 0.4) is 0 Å². The first-order valence-electron chi connectivity index (χ1n) is 7.69. The van der Waals surface area contributed by atoms with Gasteiger partial charge in [0.1, 0.15) is 5.41 Å². The van der Waals surface area contributed by atoms with Crippen molar-refractivity contribution in [3.63, 3.8) is 0 Å². The quantitative estimate of drug-likeness (QED) is 0.858. The van der Waals surface area contributed by atoms with E-state index in [2.05, 4.69) is 9.97 Å². The second-order valence-electron chi connectivity index (χ2n) is 6.21. The molecule has 0 amide bonds. The van der Waals surface area contributed by atoms with Crippen LogP contribution in [-0.2, 0) is 9.53 Å². The predicted octanol–water partition coefficient (Wildman–Crippen LogP) is 0.993. The summed E-state index contributed by atoms with van der Waals surface area (Å²) < 4.78 is 5.69. The number of rotatable bonds is 2. The van der Waals surface area contributed by atoms with Crippen molar-refractivity contribution in [1.82, 2.24) is 9.97 Å². The standard InChI is InChI=1S/C16H17N3O4/c20-13-10-4-1-2-5-11(10)17-15(18-13)19-8-12-16(9-19,14(21)22)6-3-7-23-12/h1-2,4-5,12H,3,6-9H2,(H,21,22)(H,17,18,20)/t12-,16-/m1/s1. The van der Waals surface area contributed by atoms with Crippen LogP contribution in [0, 0.1) is 5.41 Å². The lowest BCUT2D eigenvalue weighted by molar-refractivity contribution is -0.161. The van der Waals surface area contributed by atoms with Gasteiger partial charge in [-0.1, -0.05) is 12.1 Å². The van der Waals surface area contributed by atoms with Crippen molar-refractivity contribution >= 4 is 22.8 Å². The number of benzene rings is 1. The highest BCUT2D eigenvalue weighted by Crippen LogP contribution is 2.41. The minimum Gasteiger partial charge on any atom is -0.481 e. The molecule has 1 aromatic carbocycles. The van der Waals surface area contributed by atoms with Gasteiger partial charge in [0.15, 0.2) is 0 Å². The molecule has 2 saturated heterocycles. The van der Waals surface area contributed by atoms with Crippen LogP contribution in [0.15, 0.2) is 29.1 Å². The third kappa shape index (κ3) is 2.11. The van der Waals surface area contributed by atoms with E-state index in [-0.39, 0.29) is 11.7 Å². The summed E-state index contributed by atoms with van der Waals surface area (Å²) >= 11 is 0. The number of aliphatic carboxylic acids is 1. The van der Waals surface area contributed by atoms with Crippen molar-refractivity contribution < 1.29 is 14.6 Å². The first kappa shape index (κ1) is 14.2. The van der Waals surface area contributed by atoms with Crippen molar-refractivity contribution in [2.75, 3.05) is 24.6 Å². The lowest BCUT2D eigenvalue weighted by Crippen LogP contribution is -2.46. The number of hydrogen-bond acceptors (Lipinski definition) is 5. The number of ether oxygens (including phenoxy) is 1. The number of fused-ring (bicyclic) bond motifs is 2. The highest BCUT2D eigenvalue weighted by atomic mass is 16.5. The zero-order chi connectivity index (χ0) is 16.0. The number of aromatic amines is 1. The number of carboxylic acid groups (broad SMARTS) is 1. The van der Waals surface area contributed by atoms with Gasteiger partial charge in [0, 0.05) is 19.7 Å². The predicted molar refractivity (Wildman–Crippen MR) is 83.6 cm³/mol. The van der Waals surface area contributed by atoms with E-state index in [0.717, 1.165) is 6.42 Å². The molecular weight excluding hydrogens is 298 g/mol. The molecule has 2 atom stereocenters. The third-order valence-electron chi connectivity index (χ3n) is 4.89. The number of aromatic nitrogens is 2. The molecule has 3 heterocycles. The Kier molecular flexibility index (Phi) is 3.12. The molecule has 0 bridgehead atoms. The Labute approximate surface area is 131 Å². The Morgan fingerprint density at radius 1 is 1.43 bits per heavy atom.